The van der Waals surface area contributed by atoms with Crippen molar-refractivity contribution in [1.82, 2.24) is 24.5 Å². The van der Waals surface area contributed by atoms with Crippen molar-refractivity contribution in [3.05, 3.63) is 169 Å². The summed E-state index contributed by atoms with van der Waals surface area (Å²) in [6, 6.07) is 48.6. The van der Waals surface area contributed by atoms with Crippen molar-refractivity contribution >= 4 is 22.1 Å². The van der Waals surface area contributed by atoms with Crippen molar-refractivity contribution in [1.29, 1.82) is 0 Å². The molecule has 1 N–H and O–H groups in total. The molecule has 62 heavy (non-hydrogen) atoms. The Morgan fingerprint density at radius 3 is 1.82 bits per heavy atom. The molecule has 0 unspecified atom stereocenters. The predicted octanol–water partition coefficient (Wildman–Crippen LogP) is 14.3. The van der Waals surface area contributed by atoms with E-state index in [1.165, 1.54) is 5.56 Å². The number of phenols is 1. The molecule has 6 nitrogen and oxygen atoms in total. The Labute approximate surface area is 365 Å². The molecule has 0 bridgehead atoms. The van der Waals surface area contributed by atoms with Crippen LogP contribution in [0.1, 0.15) is 79.1 Å². The Balaban J connectivity index is 1.39. The summed E-state index contributed by atoms with van der Waals surface area (Å²) in [7, 11) is 0. The van der Waals surface area contributed by atoms with Crippen LogP contribution in [0.25, 0.3) is 83.8 Å². The lowest BCUT2D eigenvalue weighted by atomic mass is 9.84. The normalized spacial score (nSPS) is 12.3. The summed E-state index contributed by atoms with van der Waals surface area (Å²) >= 11 is 0. The van der Waals surface area contributed by atoms with Gasteiger partial charge in [0.1, 0.15) is 11.6 Å². The largest absolute Gasteiger partial charge is 0.507 e. The summed E-state index contributed by atoms with van der Waals surface area (Å²) in [4.78, 5) is 20.7. The first-order chi connectivity index (χ1) is 29.5. The molecule has 3 aromatic heterocycles. The van der Waals surface area contributed by atoms with Crippen LogP contribution in [0.15, 0.2) is 152 Å². The molecule has 9 aromatic rings. The lowest BCUT2D eigenvalue weighted by Gasteiger charge is -2.24. The van der Waals surface area contributed by atoms with E-state index in [-0.39, 0.29) is 22.0 Å². The van der Waals surface area contributed by atoms with Gasteiger partial charge in [0.2, 0.25) is 0 Å². The third kappa shape index (κ3) is 7.55. The molecule has 9 rings (SSSR count). The van der Waals surface area contributed by atoms with Crippen LogP contribution in [0.5, 0.6) is 5.75 Å². The molecule has 0 aliphatic heterocycles. The molecule has 0 atom stereocenters. The molecule has 3 heterocycles. The predicted molar refractivity (Wildman–Crippen MR) is 257 cm³/mol. The quantitative estimate of drug-likeness (QED) is 0.181. The van der Waals surface area contributed by atoms with E-state index in [4.69, 9.17) is 19.9 Å². The highest BCUT2D eigenvalue weighted by atomic mass is 16.3. The lowest BCUT2D eigenvalue weighted by Crippen LogP contribution is -2.15. The highest BCUT2D eigenvalue weighted by Gasteiger charge is 2.27. The Kier molecular flexibility index (Phi) is 9.93. The maximum Gasteiger partial charge on any atom is 0.145 e. The Bertz CT molecular complexity index is 3130. The number of pyridine rings is 1. The zero-order chi connectivity index (χ0) is 43.6. The van der Waals surface area contributed by atoms with E-state index >= 15 is 0 Å². The van der Waals surface area contributed by atoms with Crippen LogP contribution < -0.4 is 0 Å². The minimum absolute atomic E-state index is 0.0781. The van der Waals surface area contributed by atoms with Crippen LogP contribution in [0.4, 0.5) is 0 Å². The van der Waals surface area contributed by atoms with Crippen LogP contribution >= 0.6 is 0 Å². The van der Waals surface area contributed by atoms with Crippen molar-refractivity contribution in [3.8, 4) is 67.5 Å². The number of imidazole rings is 1. The summed E-state index contributed by atoms with van der Waals surface area (Å²) in [5, 5.41) is 11.6. The van der Waals surface area contributed by atoms with Crippen LogP contribution in [0.2, 0.25) is 0 Å². The Morgan fingerprint density at radius 1 is 0.452 bits per heavy atom. The number of aromatic hydroxyl groups is 1. The monoisotopic (exact) mass is 811 g/mol. The average molecular weight is 812 g/mol. The van der Waals surface area contributed by atoms with Crippen molar-refractivity contribution in [3.63, 3.8) is 0 Å². The number of fused-ring (bicyclic) bond motifs is 2. The third-order valence-electron chi connectivity index (χ3n) is 11.8. The van der Waals surface area contributed by atoms with Gasteiger partial charge in [-0.1, -0.05) is 147 Å². The molecule has 0 radical (unpaired) electrons. The first kappa shape index (κ1) is 40.5. The second kappa shape index (κ2) is 15.2. The first-order valence-electron chi connectivity index (χ1n) is 21.4. The van der Waals surface area contributed by atoms with Gasteiger partial charge in [-0.05, 0) is 93.2 Å². The number of nitrogens with zero attached hydrogens (tertiary/aromatic N) is 5. The van der Waals surface area contributed by atoms with Crippen LogP contribution in [0.3, 0.4) is 0 Å². The second-order valence-electron chi connectivity index (χ2n) is 19.5. The van der Waals surface area contributed by atoms with Crippen molar-refractivity contribution in [2.45, 2.75) is 78.6 Å². The fraction of sp³-hybridized carbons (Fsp3) is 0.214. The number of hydrogen-bond donors (Lipinski definition) is 1. The molecular formula is C56H53N5O. The van der Waals surface area contributed by atoms with Gasteiger partial charge < -0.3 is 5.11 Å². The average Bonchev–Trinajstić information content (AvgIpc) is 3.65. The highest BCUT2D eigenvalue weighted by Crippen LogP contribution is 2.43. The molecule has 6 heteroatoms. The van der Waals surface area contributed by atoms with Gasteiger partial charge in [0, 0.05) is 51.3 Å². The minimum atomic E-state index is -0.302. The van der Waals surface area contributed by atoms with E-state index in [0.717, 1.165) is 89.5 Å². The number of para-hydroxylation sites is 1. The van der Waals surface area contributed by atoms with Crippen LogP contribution in [0, 0.1) is 0 Å². The molecule has 308 valence electrons. The maximum absolute atomic E-state index is 11.6. The van der Waals surface area contributed by atoms with Gasteiger partial charge in [-0.15, -0.1) is 0 Å². The topological polar surface area (TPSA) is 76.7 Å². The minimum Gasteiger partial charge on any atom is -0.507 e. The van der Waals surface area contributed by atoms with Gasteiger partial charge in [0.15, 0.2) is 0 Å². The SMILES string of the molecule is CC(C)(C)c1ccc(-n2c(-c3cc(-c4cc(C(C)(C)C)cc5nccnc45)nc(C(C)(C)C)c3)nc3c(-c4cc(-c5ccccc5)ccc4O)cccc32)c(-c2ccccc2)c1. The Morgan fingerprint density at radius 2 is 1.13 bits per heavy atom. The number of aromatic nitrogens is 5. The number of hydrogen-bond acceptors (Lipinski definition) is 5. The van der Waals surface area contributed by atoms with Crippen molar-refractivity contribution in [2.24, 2.45) is 0 Å². The number of benzene rings is 6. The van der Waals surface area contributed by atoms with E-state index in [1.807, 2.05) is 24.3 Å². The molecule has 0 spiro atoms. The number of rotatable bonds is 6. The number of phenolic OH excluding ortho intramolecular Hbond substituents is 1. The molecule has 0 aliphatic rings. The van der Waals surface area contributed by atoms with Crippen LogP contribution in [-0.2, 0) is 16.2 Å². The fourth-order valence-corrected chi connectivity index (χ4v) is 8.25. The summed E-state index contributed by atoms with van der Waals surface area (Å²) in [5.74, 6) is 0.962. The first-order valence-corrected chi connectivity index (χ1v) is 21.4. The maximum atomic E-state index is 11.6. The van der Waals surface area contributed by atoms with E-state index < -0.39 is 0 Å². The third-order valence-corrected chi connectivity index (χ3v) is 11.8. The van der Waals surface area contributed by atoms with E-state index in [2.05, 4.69) is 176 Å². The summed E-state index contributed by atoms with van der Waals surface area (Å²) in [6.07, 6.45) is 3.51. The second-order valence-corrected chi connectivity index (χ2v) is 19.5. The van der Waals surface area contributed by atoms with Gasteiger partial charge in [-0.2, -0.15) is 0 Å². The smallest absolute Gasteiger partial charge is 0.145 e. The molecule has 0 amide bonds. The van der Waals surface area contributed by atoms with Gasteiger partial charge in [-0.3, -0.25) is 19.5 Å². The van der Waals surface area contributed by atoms with Gasteiger partial charge in [0.25, 0.3) is 0 Å². The standard InChI is InChI=1S/C56H53N5O/c1-54(2,3)39-24-25-47(42(32-39)36-19-14-11-15-20-36)61-48-22-16-21-41(43-29-37(23-26-49(43)62)35-17-12-10-13-18-35)52(48)60-53(61)38-30-45(59-50(31-38)56(7,8)9)44-33-40(55(4,5)6)34-46-51(44)58-28-27-57-46/h10-34,62H,1-9H3. The van der Waals surface area contributed by atoms with Gasteiger partial charge >= 0.3 is 0 Å². The molecule has 0 saturated heterocycles. The van der Waals surface area contributed by atoms with Crippen molar-refractivity contribution in [2.75, 3.05) is 0 Å². The molecule has 0 fully saturated rings. The molecular weight excluding hydrogens is 759 g/mol. The van der Waals surface area contributed by atoms with E-state index in [9.17, 15) is 5.11 Å². The van der Waals surface area contributed by atoms with E-state index in [0.29, 0.717) is 5.56 Å². The summed E-state index contributed by atoms with van der Waals surface area (Å²) in [6.45, 7) is 20.0. The summed E-state index contributed by atoms with van der Waals surface area (Å²) < 4.78 is 2.31. The van der Waals surface area contributed by atoms with Crippen molar-refractivity contribution < 1.29 is 5.11 Å². The van der Waals surface area contributed by atoms with E-state index in [1.54, 1.807) is 18.5 Å². The molecule has 0 saturated carbocycles. The zero-order valence-electron chi connectivity index (χ0n) is 37.1. The lowest BCUT2D eigenvalue weighted by molar-refractivity contribution is 0.477. The highest BCUT2D eigenvalue weighted by molar-refractivity contribution is 5.99. The molecule has 0 aliphatic carbocycles. The summed E-state index contributed by atoms with van der Waals surface area (Å²) in [5.41, 5.74) is 15.7. The fourth-order valence-electron chi connectivity index (χ4n) is 8.25. The molecule has 6 aromatic carbocycles. The van der Waals surface area contributed by atoms with Gasteiger partial charge in [0.05, 0.1) is 33.4 Å². The van der Waals surface area contributed by atoms with Gasteiger partial charge in [-0.25, -0.2) is 4.98 Å². The Hall–Kier alpha value is -6.92. The zero-order valence-corrected chi connectivity index (χ0v) is 37.1. The van der Waals surface area contributed by atoms with Crippen LogP contribution in [-0.4, -0.2) is 29.6 Å².